The lowest BCUT2D eigenvalue weighted by molar-refractivity contribution is 0.188. The van der Waals surface area contributed by atoms with Crippen molar-refractivity contribution in [2.24, 2.45) is 0 Å². The van der Waals surface area contributed by atoms with Crippen molar-refractivity contribution in [3.63, 3.8) is 0 Å². The highest BCUT2D eigenvalue weighted by atomic mass is 32.2. The molecule has 0 saturated carbocycles. The van der Waals surface area contributed by atoms with Crippen LogP contribution in [0.1, 0.15) is 6.42 Å². The first-order valence-corrected chi connectivity index (χ1v) is 7.85. The maximum Gasteiger partial charge on any atom is 0.243 e. The van der Waals surface area contributed by atoms with Crippen LogP contribution in [0.15, 0.2) is 29.2 Å². The van der Waals surface area contributed by atoms with Gasteiger partial charge in [0.05, 0.1) is 11.0 Å². The van der Waals surface area contributed by atoms with E-state index in [9.17, 15) is 17.9 Å². The summed E-state index contributed by atoms with van der Waals surface area (Å²) in [6.45, 7) is 0.621. The van der Waals surface area contributed by atoms with Crippen molar-refractivity contribution in [2.45, 2.75) is 23.5 Å². The van der Waals surface area contributed by atoms with Crippen LogP contribution in [-0.4, -0.2) is 62.1 Å². The van der Waals surface area contributed by atoms with Gasteiger partial charge in [-0.2, -0.15) is 4.31 Å². The first-order chi connectivity index (χ1) is 9.30. The molecule has 112 valence electrons. The Hall–Kier alpha value is -1.02. The van der Waals surface area contributed by atoms with E-state index in [2.05, 4.69) is 0 Å². The second-order valence-corrected chi connectivity index (χ2v) is 7.22. The van der Waals surface area contributed by atoms with Gasteiger partial charge in [-0.1, -0.05) is 0 Å². The van der Waals surface area contributed by atoms with Gasteiger partial charge in [0, 0.05) is 19.1 Å². The average molecular weight is 302 g/mol. The summed E-state index contributed by atoms with van der Waals surface area (Å²) < 4.78 is 39.3. The molecule has 1 aromatic carbocycles. The fraction of sp³-hybridized carbons (Fsp3) is 0.538. The van der Waals surface area contributed by atoms with Crippen molar-refractivity contribution in [1.82, 2.24) is 9.21 Å². The zero-order valence-corrected chi connectivity index (χ0v) is 12.3. The van der Waals surface area contributed by atoms with Gasteiger partial charge in [0.1, 0.15) is 5.82 Å². The fourth-order valence-electron chi connectivity index (χ4n) is 2.49. The molecule has 0 radical (unpaired) electrons. The minimum Gasteiger partial charge on any atom is -0.392 e. The summed E-state index contributed by atoms with van der Waals surface area (Å²) in [5.41, 5.74) is 0. The number of rotatable bonds is 4. The Morgan fingerprint density at radius 3 is 2.50 bits per heavy atom. The lowest BCUT2D eigenvalue weighted by Crippen LogP contribution is -2.41. The Morgan fingerprint density at radius 2 is 1.95 bits per heavy atom. The predicted molar refractivity (Wildman–Crippen MR) is 73.3 cm³/mol. The molecule has 2 rings (SSSR count). The normalized spacial score (nSPS) is 24.4. The van der Waals surface area contributed by atoms with Crippen LogP contribution >= 0.6 is 0 Å². The van der Waals surface area contributed by atoms with Crippen LogP contribution in [0.5, 0.6) is 0 Å². The highest BCUT2D eigenvalue weighted by Crippen LogP contribution is 2.26. The molecule has 1 aliphatic rings. The Balaban J connectivity index is 2.29. The summed E-state index contributed by atoms with van der Waals surface area (Å²) in [5.74, 6) is -0.477. The molecule has 5 nitrogen and oxygen atoms in total. The summed E-state index contributed by atoms with van der Waals surface area (Å²) in [5, 5.41) is 9.75. The minimum atomic E-state index is -3.70. The molecule has 0 aliphatic carbocycles. The molecule has 20 heavy (non-hydrogen) atoms. The number of nitrogens with zero attached hydrogens (tertiary/aromatic N) is 2. The van der Waals surface area contributed by atoms with Crippen molar-refractivity contribution >= 4 is 10.0 Å². The maximum atomic E-state index is 12.9. The van der Waals surface area contributed by atoms with E-state index in [-0.39, 0.29) is 17.5 Å². The third-order valence-electron chi connectivity index (χ3n) is 3.34. The fourth-order valence-corrected chi connectivity index (χ4v) is 4.15. The molecule has 1 aliphatic heterocycles. The van der Waals surface area contributed by atoms with E-state index in [1.165, 1.54) is 16.4 Å². The zero-order valence-electron chi connectivity index (χ0n) is 11.5. The van der Waals surface area contributed by atoms with E-state index >= 15 is 0 Å². The van der Waals surface area contributed by atoms with Crippen LogP contribution in [0, 0.1) is 5.82 Å². The number of sulfonamides is 1. The molecule has 1 aromatic rings. The first-order valence-electron chi connectivity index (χ1n) is 6.41. The maximum absolute atomic E-state index is 12.9. The van der Waals surface area contributed by atoms with Gasteiger partial charge < -0.3 is 10.0 Å². The SMILES string of the molecule is CN(C)CC1CC(O)CN1S(=O)(=O)c1ccc(F)cc1. The quantitative estimate of drug-likeness (QED) is 0.880. The molecule has 1 N–H and O–H groups in total. The van der Waals surface area contributed by atoms with E-state index in [4.69, 9.17) is 0 Å². The number of β-amino-alcohol motifs (C(OH)–C–C–N with tert-alkyl or cyclic N) is 1. The predicted octanol–water partition coefficient (Wildman–Crippen LogP) is 0.511. The number of halogens is 1. The largest absolute Gasteiger partial charge is 0.392 e. The Bertz CT molecular complexity index is 559. The van der Waals surface area contributed by atoms with Crippen LogP contribution in [-0.2, 0) is 10.0 Å². The van der Waals surface area contributed by atoms with Gasteiger partial charge in [0.15, 0.2) is 0 Å². The molecule has 0 aromatic heterocycles. The van der Waals surface area contributed by atoms with E-state index in [1.807, 2.05) is 19.0 Å². The standard InChI is InChI=1S/C13H19FN2O3S/c1-15(2)8-11-7-12(17)9-16(11)20(18,19)13-5-3-10(14)4-6-13/h3-6,11-12,17H,7-9H2,1-2H3. The van der Waals surface area contributed by atoms with Crippen LogP contribution in [0.3, 0.4) is 0 Å². The second-order valence-electron chi connectivity index (χ2n) is 5.33. The van der Waals surface area contributed by atoms with Crippen molar-refractivity contribution in [3.8, 4) is 0 Å². The molecular formula is C13H19FN2O3S. The lowest BCUT2D eigenvalue weighted by atomic mass is 10.2. The van der Waals surface area contributed by atoms with Crippen molar-refractivity contribution in [1.29, 1.82) is 0 Å². The molecule has 0 bridgehead atoms. The molecule has 0 spiro atoms. The molecule has 7 heteroatoms. The topological polar surface area (TPSA) is 60.9 Å². The van der Waals surface area contributed by atoms with Crippen LogP contribution in [0.4, 0.5) is 4.39 Å². The van der Waals surface area contributed by atoms with E-state index < -0.39 is 21.9 Å². The van der Waals surface area contributed by atoms with Crippen LogP contribution in [0.2, 0.25) is 0 Å². The number of hydrogen-bond acceptors (Lipinski definition) is 4. The highest BCUT2D eigenvalue weighted by molar-refractivity contribution is 7.89. The summed E-state index contributed by atoms with van der Waals surface area (Å²) in [7, 11) is 0.00594. The number of hydrogen-bond donors (Lipinski definition) is 1. The summed E-state index contributed by atoms with van der Waals surface area (Å²) in [6.07, 6.45) is -0.242. The van der Waals surface area contributed by atoms with Crippen LogP contribution in [0.25, 0.3) is 0 Å². The molecule has 2 atom stereocenters. The van der Waals surface area contributed by atoms with Crippen molar-refractivity contribution < 1.29 is 17.9 Å². The van der Waals surface area contributed by atoms with Crippen molar-refractivity contribution in [3.05, 3.63) is 30.1 Å². The molecule has 1 fully saturated rings. The number of likely N-dealkylation sites (N-methyl/N-ethyl adjacent to an activating group) is 1. The van der Waals surface area contributed by atoms with Gasteiger partial charge in [-0.25, -0.2) is 12.8 Å². The third kappa shape index (κ3) is 3.17. The van der Waals surface area contributed by atoms with Crippen LogP contribution < -0.4 is 0 Å². The molecule has 0 amide bonds. The van der Waals surface area contributed by atoms with Gasteiger partial charge >= 0.3 is 0 Å². The molecule has 1 saturated heterocycles. The van der Waals surface area contributed by atoms with Gasteiger partial charge in [-0.3, -0.25) is 0 Å². The van der Waals surface area contributed by atoms with Gasteiger partial charge in [-0.15, -0.1) is 0 Å². The monoisotopic (exact) mass is 302 g/mol. The minimum absolute atomic E-state index is 0.0526. The number of aliphatic hydroxyl groups is 1. The Kier molecular flexibility index (Phi) is 4.43. The van der Waals surface area contributed by atoms with E-state index in [1.54, 1.807) is 0 Å². The number of benzene rings is 1. The smallest absolute Gasteiger partial charge is 0.243 e. The highest BCUT2D eigenvalue weighted by Gasteiger charge is 2.39. The summed E-state index contributed by atoms with van der Waals surface area (Å²) in [4.78, 5) is 1.94. The van der Waals surface area contributed by atoms with E-state index in [0.29, 0.717) is 13.0 Å². The molecular weight excluding hydrogens is 283 g/mol. The zero-order chi connectivity index (χ0) is 14.9. The second kappa shape index (κ2) is 5.77. The van der Waals surface area contributed by atoms with Crippen molar-refractivity contribution in [2.75, 3.05) is 27.2 Å². The number of aliphatic hydroxyl groups excluding tert-OH is 1. The summed E-state index contributed by atoms with van der Waals surface area (Å²) >= 11 is 0. The van der Waals surface area contributed by atoms with E-state index in [0.717, 1.165) is 12.1 Å². The Labute approximate surface area is 118 Å². The van der Waals surface area contributed by atoms with Gasteiger partial charge in [0.2, 0.25) is 10.0 Å². The molecule has 2 unspecified atom stereocenters. The third-order valence-corrected chi connectivity index (χ3v) is 5.27. The molecule has 1 heterocycles. The Morgan fingerprint density at radius 1 is 1.35 bits per heavy atom. The van der Waals surface area contributed by atoms with Gasteiger partial charge in [-0.05, 0) is 44.8 Å². The first kappa shape index (κ1) is 15.4. The van der Waals surface area contributed by atoms with Gasteiger partial charge in [0.25, 0.3) is 0 Å². The summed E-state index contributed by atoms with van der Waals surface area (Å²) in [6, 6.07) is 4.49. The lowest BCUT2D eigenvalue weighted by Gasteiger charge is -2.26. The average Bonchev–Trinajstić information content (AvgIpc) is 2.70.